The number of morpholine rings is 1. The van der Waals surface area contributed by atoms with Gasteiger partial charge in [0.2, 0.25) is 0 Å². The van der Waals surface area contributed by atoms with Gasteiger partial charge in [0, 0.05) is 41.0 Å². The highest BCUT2D eigenvalue weighted by atomic mass is 32.1. The van der Waals surface area contributed by atoms with Crippen LogP contribution in [0.15, 0.2) is 30.3 Å². The van der Waals surface area contributed by atoms with E-state index in [0.29, 0.717) is 25.3 Å². The maximum atomic E-state index is 13.4. The Labute approximate surface area is 228 Å². The molecule has 1 aliphatic heterocycles. The van der Waals surface area contributed by atoms with Crippen LogP contribution >= 0.6 is 11.3 Å². The number of carbonyl (C=O) groups excluding carboxylic acids is 2. The molecule has 1 saturated carbocycles. The van der Waals surface area contributed by atoms with Gasteiger partial charge < -0.3 is 43.0 Å². The van der Waals surface area contributed by atoms with E-state index < -0.39 is 12.2 Å². The lowest BCUT2D eigenvalue weighted by atomic mass is 10.0. The fraction of sp³-hybridized carbons (Fsp3) is 0.500. The van der Waals surface area contributed by atoms with Gasteiger partial charge in [0.1, 0.15) is 11.9 Å². The average molecular weight is 548 g/mol. The summed E-state index contributed by atoms with van der Waals surface area (Å²) in [5.41, 5.74) is 8.53. The maximum absolute atomic E-state index is 13.4. The van der Waals surface area contributed by atoms with E-state index in [9.17, 15) is 9.59 Å². The number of nitrogens with one attached hydrogen (secondary N) is 3. The van der Waals surface area contributed by atoms with Crippen molar-refractivity contribution in [3.05, 3.63) is 46.3 Å². The molecule has 2 aromatic rings. The molecule has 1 aromatic carbocycles. The summed E-state index contributed by atoms with van der Waals surface area (Å²) >= 11 is 1.69. The van der Waals surface area contributed by atoms with Crippen LogP contribution in [0.25, 0.3) is 10.4 Å². The molecule has 0 spiro atoms. The Morgan fingerprint density at radius 3 is 2.58 bits per heavy atom. The average Bonchev–Trinajstić information content (AvgIpc) is 3.64. The normalized spacial score (nSPS) is 17.4. The third-order valence-electron chi connectivity index (χ3n) is 6.59. The number of aryl methyl sites for hydroxylation is 1. The monoisotopic (exact) mass is 547 g/mol. The van der Waals surface area contributed by atoms with Gasteiger partial charge in [0.15, 0.2) is 0 Å². The summed E-state index contributed by atoms with van der Waals surface area (Å²) < 4.78 is 10.4. The van der Waals surface area contributed by atoms with Crippen molar-refractivity contribution < 1.29 is 19.1 Å². The second-order valence-corrected chi connectivity index (χ2v) is 10.3. The lowest BCUT2D eigenvalue weighted by molar-refractivity contribution is -0.148. The summed E-state index contributed by atoms with van der Waals surface area (Å²) in [5.74, 6) is 0.0935. The van der Waals surface area contributed by atoms with Gasteiger partial charge in [-0.1, -0.05) is 24.3 Å². The van der Waals surface area contributed by atoms with Crippen molar-refractivity contribution in [2.24, 2.45) is 5.73 Å². The Hall–Kier alpha value is -3.03. The lowest BCUT2D eigenvalue weighted by Gasteiger charge is -2.33. The number of methoxy groups -OCH3 is 1. The van der Waals surface area contributed by atoms with Crippen molar-refractivity contribution >= 4 is 29.2 Å². The van der Waals surface area contributed by atoms with E-state index in [-0.39, 0.29) is 36.1 Å². The number of amides is 2. The molecule has 1 aromatic heterocycles. The molecule has 11 nitrogen and oxygen atoms in total. The first-order valence-corrected chi connectivity index (χ1v) is 13.2. The predicted octanol–water partition coefficient (Wildman–Crippen LogP) is 3.35. The Morgan fingerprint density at radius 1 is 1.29 bits per heavy atom. The Bertz CT molecular complexity index is 1080. The van der Waals surface area contributed by atoms with Gasteiger partial charge in [0.05, 0.1) is 19.8 Å². The number of nitrogen functional groups attached to an aromatic ring is 1. The smallest absolute Gasteiger partial charge is 0.406 e. The number of benzene rings is 1. The van der Waals surface area contributed by atoms with Gasteiger partial charge in [-0.25, -0.2) is 4.79 Å². The maximum Gasteiger partial charge on any atom is 0.406 e. The van der Waals surface area contributed by atoms with E-state index in [2.05, 4.69) is 28.4 Å². The number of hydrogen-bond donors (Lipinski definition) is 6. The molecule has 2 atom stereocenters. The van der Waals surface area contributed by atoms with E-state index in [1.807, 2.05) is 29.2 Å². The van der Waals surface area contributed by atoms with Gasteiger partial charge in [0.25, 0.3) is 5.91 Å². The quantitative estimate of drug-likeness (QED) is 0.148. The van der Waals surface area contributed by atoms with Crippen molar-refractivity contribution in [1.29, 1.82) is 5.41 Å². The van der Waals surface area contributed by atoms with Gasteiger partial charge in [-0.3, -0.25) is 10.2 Å². The van der Waals surface area contributed by atoms with E-state index in [1.54, 1.807) is 11.3 Å². The van der Waals surface area contributed by atoms with Crippen LogP contribution in [-0.4, -0.2) is 68.2 Å². The van der Waals surface area contributed by atoms with Crippen molar-refractivity contribution in [2.45, 2.75) is 50.8 Å². The molecule has 4 rings (SSSR count). The standard InChI is InChI=1S/C26H35N5O4S.2H3N/c1-16(31(20-9-10-20)25(32)21-15-29-12-13-35-21)22-14-19(4-3-11-30-26(33)34-2)23(36-22)17-5-7-18(8-6-17)24(27)28;;/h5-8,14,16,20-21,29H,3-4,9-13,15H2,1-2H3,(H3,27,28)(H,30,33);2*1H3/t16-,21-;;/m1../s1. The second kappa shape index (κ2) is 14.2. The van der Waals surface area contributed by atoms with Crippen LogP contribution < -0.4 is 28.7 Å². The Morgan fingerprint density at radius 2 is 2.00 bits per heavy atom. The van der Waals surface area contributed by atoms with Crippen LogP contribution in [0.1, 0.15) is 48.2 Å². The van der Waals surface area contributed by atoms with E-state index >= 15 is 0 Å². The number of carbonyl (C=O) groups is 2. The number of amidine groups is 1. The zero-order chi connectivity index (χ0) is 25.7. The number of ether oxygens (including phenoxy) is 2. The first-order chi connectivity index (χ1) is 17.4. The van der Waals surface area contributed by atoms with Crippen LogP contribution in [0.3, 0.4) is 0 Å². The molecule has 0 unspecified atom stereocenters. The number of rotatable bonds is 10. The molecular formula is C26H41N7O4S. The minimum Gasteiger partial charge on any atom is -0.453 e. The van der Waals surface area contributed by atoms with Gasteiger partial charge in [-0.05, 0) is 49.8 Å². The molecule has 38 heavy (non-hydrogen) atoms. The number of nitrogens with zero attached hydrogens (tertiary/aromatic N) is 1. The third-order valence-corrected chi connectivity index (χ3v) is 7.99. The molecule has 2 amide bonds. The van der Waals surface area contributed by atoms with Gasteiger partial charge in [-0.15, -0.1) is 11.3 Å². The molecule has 11 N–H and O–H groups in total. The Balaban J connectivity index is 0.00000253. The zero-order valence-electron chi connectivity index (χ0n) is 22.3. The highest BCUT2D eigenvalue weighted by Gasteiger charge is 2.40. The highest BCUT2D eigenvalue weighted by Crippen LogP contribution is 2.41. The first-order valence-electron chi connectivity index (χ1n) is 12.4. The van der Waals surface area contributed by atoms with Crippen molar-refractivity contribution in [2.75, 3.05) is 33.4 Å². The molecule has 12 heteroatoms. The van der Waals surface area contributed by atoms with Crippen molar-refractivity contribution in [3.8, 4) is 10.4 Å². The minimum absolute atomic E-state index is 0. The number of hydrogen-bond acceptors (Lipinski definition) is 9. The SMILES string of the molecule is COC(=O)NCCCc1cc([C@@H](C)N(C(=O)[C@H]2CNCCO2)C2CC2)sc1-c1ccc(C(=N)N)cc1.N.N. The third kappa shape index (κ3) is 7.51. The molecule has 1 saturated heterocycles. The molecule has 0 bridgehead atoms. The van der Waals surface area contributed by atoms with Crippen molar-refractivity contribution in [3.63, 3.8) is 0 Å². The summed E-state index contributed by atoms with van der Waals surface area (Å²) in [6.07, 6.45) is 2.69. The molecule has 2 fully saturated rings. The van der Waals surface area contributed by atoms with Crippen LogP contribution in [0.2, 0.25) is 0 Å². The molecule has 2 aliphatic rings. The minimum atomic E-state index is -0.441. The van der Waals surface area contributed by atoms with Crippen LogP contribution in [0.5, 0.6) is 0 Å². The second-order valence-electron chi connectivity index (χ2n) is 9.23. The largest absolute Gasteiger partial charge is 0.453 e. The summed E-state index contributed by atoms with van der Waals surface area (Å²) in [6, 6.07) is 10.1. The lowest BCUT2D eigenvalue weighted by Crippen LogP contribution is -2.50. The van der Waals surface area contributed by atoms with Crippen molar-refractivity contribution in [1.82, 2.24) is 27.8 Å². The number of nitrogens with two attached hydrogens (primary N) is 1. The topological polar surface area (TPSA) is 200 Å². The zero-order valence-corrected chi connectivity index (χ0v) is 23.1. The number of alkyl carbamates (subject to hydrolysis) is 1. The first kappa shape index (κ1) is 31.2. The van der Waals surface area contributed by atoms with E-state index in [4.69, 9.17) is 15.9 Å². The number of thiophene rings is 1. The summed E-state index contributed by atoms with van der Waals surface area (Å²) in [7, 11) is 1.35. The van der Waals surface area contributed by atoms with Crippen LogP contribution in [-0.2, 0) is 20.7 Å². The molecule has 210 valence electrons. The summed E-state index contributed by atoms with van der Waals surface area (Å²) in [4.78, 5) is 29.1. The predicted molar refractivity (Wildman–Crippen MR) is 150 cm³/mol. The molecule has 1 aliphatic carbocycles. The van der Waals surface area contributed by atoms with Gasteiger partial charge >= 0.3 is 6.09 Å². The molecule has 0 radical (unpaired) electrons. The van der Waals surface area contributed by atoms with Gasteiger partial charge in [-0.2, -0.15) is 0 Å². The molecular weight excluding hydrogens is 506 g/mol. The van der Waals surface area contributed by atoms with E-state index in [0.717, 1.165) is 47.5 Å². The highest BCUT2D eigenvalue weighted by molar-refractivity contribution is 7.15. The van der Waals surface area contributed by atoms with Crippen LogP contribution in [0, 0.1) is 5.41 Å². The van der Waals surface area contributed by atoms with Crippen LogP contribution in [0.4, 0.5) is 4.79 Å². The Kier molecular flexibility index (Phi) is 11.7. The fourth-order valence-corrected chi connectivity index (χ4v) is 5.76. The summed E-state index contributed by atoms with van der Waals surface area (Å²) in [6.45, 7) is 4.48. The fourth-order valence-electron chi connectivity index (χ4n) is 4.50. The molecule has 2 heterocycles. The van der Waals surface area contributed by atoms with E-state index in [1.165, 1.54) is 12.7 Å². The summed E-state index contributed by atoms with van der Waals surface area (Å²) in [5, 5.41) is 13.7.